The topological polar surface area (TPSA) is 12.0 Å². The first-order valence-electron chi connectivity index (χ1n) is 7.40. The van der Waals surface area contributed by atoms with Gasteiger partial charge in [-0.25, -0.2) is 4.39 Å². The molecule has 1 N–H and O–H groups in total. The van der Waals surface area contributed by atoms with Gasteiger partial charge in [0.1, 0.15) is 5.82 Å². The van der Waals surface area contributed by atoms with Crippen LogP contribution in [0, 0.1) is 5.82 Å². The Hall–Kier alpha value is -1.83. The number of halogens is 1. The van der Waals surface area contributed by atoms with Crippen molar-refractivity contribution >= 4 is 5.69 Å². The van der Waals surface area contributed by atoms with Crippen molar-refractivity contribution < 1.29 is 4.39 Å². The van der Waals surface area contributed by atoms with Crippen LogP contribution in [-0.2, 0) is 12.8 Å². The second kappa shape index (κ2) is 5.66. The molecule has 0 fully saturated rings. The summed E-state index contributed by atoms with van der Waals surface area (Å²) in [5, 5.41) is 3.48. The van der Waals surface area contributed by atoms with Gasteiger partial charge >= 0.3 is 0 Å². The van der Waals surface area contributed by atoms with Crippen molar-refractivity contribution in [2.75, 3.05) is 5.32 Å². The van der Waals surface area contributed by atoms with Crippen LogP contribution >= 0.6 is 0 Å². The Bertz CT molecular complexity index is 606. The quantitative estimate of drug-likeness (QED) is 0.834. The van der Waals surface area contributed by atoms with E-state index in [0.29, 0.717) is 0 Å². The lowest BCUT2D eigenvalue weighted by atomic mass is 10.0. The van der Waals surface area contributed by atoms with Crippen LogP contribution in [0.25, 0.3) is 0 Å². The van der Waals surface area contributed by atoms with E-state index in [1.54, 1.807) is 6.07 Å². The van der Waals surface area contributed by atoms with Gasteiger partial charge in [0.2, 0.25) is 0 Å². The van der Waals surface area contributed by atoms with Gasteiger partial charge in [0, 0.05) is 11.3 Å². The highest BCUT2D eigenvalue weighted by molar-refractivity contribution is 5.51. The van der Waals surface area contributed by atoms with E-state index in [-0.39, 0.29) is 11.9 Å². The third-order valence-corrected chi connectivity index (χ3v) is 4.13. The summed E-state index contributed by atoms with van der Waals surface area (Å²) < 4.78 is 13.9. The molecule has 1 aliphatic carbocycles. The lowest BCUT2D eigenvalue weighted by molar-refractivity contribution is 0.587. The van der Waals surface area contributed by atoms with Crippen molar-refractivity contribution in [2.24, 2.45) is 0 Å². The summed E-state index contributed by atoms with van der Waals surface area (Å²) in [7, 11) is 0. The molecule has 1 nitrogen and oxygen atoms in total. The molecule has 20 heavy (non-hydrogen) atoms. The van der Waals surface area contributed by atoms with Gasteiger partial charge in [-0.05, 0) is 55.0 Å². The van der Waals surface area contributed by atoms with Crippen molar-refractivity contribution in [2.45, 2.75) is 38.6 Å². The van der Waals surface area contributed by atoms with E-state index in [1.807, 2.05) is 12.1 Å². The minimum absolute atomic E-state index is 0.0238. The van der Waals surface area contributed by atoms with Crippen molar-refractivity contribution in [1.29, 1.82) is 0 Å². The number of benzene rings is 2. The van der Waals surface area contributed by atoms with Crippen LogP contribution in [0.5, 0.6) is 0 Å². The molecule has 0 aliphatic heterocycles. The van der Waals surface area contributed by atoms with E-state index in [2.05, 4.69) is 30.4 Å². The zero-order valence-electron chi connectivity index (χ0n) is 11.8. The fourth-order valence-corrected chi connectivity index (χ4v) is 3.02. The highest BCUT2D eigenvalue weighted by atomic mass is 19.1. The van der Waals surface area contributed by atoms with E-state index in [4.69, 9.17) is 0 Å². The number of hydrogen-bond acceptors (Lipinski definition) is 1. The maximum Gasteiger partial charge on any atom is 0.128 e. The number of nitrogens with one attached hydrogen (secondary N) is 1. The molecule has 3 rings (SSSR count). The third kappa shape index (κ3) is 2.55. The highest BCUT2D eigenvalue weighted by Gasteiger charge is 2.15. The fraction of sp³-hybridized carbons (Fsp3) is 0.333. The number of anilines is 1. The van der Waals surface area contributed by atoms with Gasteiger partial charge < -0.3 is 5.32 Å². The average molecular weight is 269 g/mol. The summed E-state index contributed by atoms with van der Waals surface area (Å²) in [6, 6.07) is 13.6. The summed E-state index contributed by atoms with van der Waals surface area (Å²) in [6.45, 7) is 2.08. The van der Waals surface area contributed by atoms with Gasteiger partial charge in [-0.15, -0.1) is 0 Å². The van der Waals surface area contributed by atoms with Crippen LogP contribution in [0.3, 0.4) is 0 Å². The van der Waals surface area contributed by atoms with Crippen LogP contribution in [0.4, 0.5) is 10.1 Å². The van der Waals surface area contributed by atoms with Gasteiger partial charge in [-0.2, -0.15) is 0 Å². The van der Waals surface area contributed by atoms with Crippen LogP contribution < -0.4 is 5.32 Å². The van der Waals surface area contributed by atoms with Crippen molar-refractivity contribution in [1.82, 2.24) is 0 Å². The van der Waals surface area contributed by atoms with Gasteiger partial charge in [0.15, 0.2) is 0 Å². The lowest BCUT2D eigenvalue weighted by Gasteiger charge is -2.20. The predicted octanol–water partition coefficient (Wildman–Crippen LogP) is 4.88. The molecule has 0 aromatic heterocycles. The fourth-order valence-electron chi connectivity index (χ4n) is 3.02. The first-order valence-corrected chi connectivity index (χ1v) is 7.40. The minimum Gasteiger partial charge on any atom is -0.378 e. The van der Waals surface area contributed by atoms with Crippen LogP contribution in [0.2, 0.25) is 0 Å². The summed E-state index contributed by atoms with van der Waals surface area (Å²) in [6.07, 6.45) is 4.48. The molecule has 0 spiro atoms. The maximum absolute atomic E-state index is 13.9. The van der Waals surface area contributed by atoms with E-state index in [1.165, 1.54) is 36.5 Å². The van der Waals surface area contributed by atoms with Crippen LogP contribution in [-0.4, -0.2) is 0 Å². The molecule has 0 bridgehead atoms. The minimum atomic E-state index is -0.131. The number of hydrogen-bond donors (Lipinski definition) is 1. The van der Waals surface area contributed by atoms with E-state index in [9.17, 15) is 4.39 Å². The molecule has 1 aliphatic rings. The Labute approximate surface area is 119 Å². The number of aryl methyl sites for hydroxylation is 2. The molecule has 0 saturated heterocycles. The molecule has 0 radical (unpaired) electrons. The lowest BCUT2D eigenvalue weighted by Crippen LogP contribution is -2.11. The Morgan fingerprint density at radius 1 is 1.10 bits per heavy atom. The third-order valence-electron chi connectivity index (χ3n) is 4.13. The van der Waals surface area contributed by atoms with Crippen molar-refractivity contribution in [3.63, 3.8) is 0 Å². The Balaban J connectivity index is 1.83. The number of fused-ring (bicyclic) bond motifs is 1. The smallest absolute Gasteiger partial charge is 0.128 e. The summed E-state index contributed by atoms with van der Waals surface area (Å²) in [4.78, 5) is 0. The first kappa shape index (κ1) is 13.2. The van der Waals surface area contributed by atoms with Crippen molar-refractivity contribution in [3.8, 4) is 0 Å². The molecular weight excluding hydrogens is 249 g/mol. The van der Waals surface area contributed by atoms with Gasteiger partial charge in [-0.3, -0.25) is 0 Å². The molecular formula is C18H20FN. The summed E-state index contributed by atoms with van der Waals surface area (Å²) >= 11 is 0. The van der Waals surface area contributed by atoms with Gasteiger partial charge in [0.05, 0.1) is 6.04 Å². The molecule has 2 heteroatoms. The summed E-state index contributed by atoms with van der Waals surface area (Å²) in [5.41, 5.74) is 4.75. The van der Waals surface area contributed by atoms with Crippen LogP contribution in [0.15, 0.2) is 42.5 Å². The molecule has 0 saturated carbocycles. The average Bonchev–Trinajstić information content (AvgIpc) is 2.93. The van der Waals surface area contributed by atoms with E-state index in [0.717, 1.165) is 17.7 Å². The molecule has 2 aromatic rings. The molecule has 1 unspecified atom stereocenters. The molecule has 0 amide bonds. The zero-order chi connectivity index (χ0) is 13.9. The van der Waals surface area contributed by atoms with Gasteiger partial charge in [-0.1, -0.05) is 31.2 Å². The Morgan fingerprint density at radius 2 is 1.90 bits per heavy atom. The zero-order valence-corrected chi connectivity index (χ0v) is 11.8. The highest BCUT2D eigenvalue weighted by Crippen LogP contribution is 2.29. The Kier molecular flexibility index (Phi) is 3.72. The maximum atomic E-state index is 13.9. The largest absolute Gasteiger partial charge is 0.378 e. The second-order valence-electron chi connectivity index (χ2n) is 5.46. The normalized spacial score (nSPS) is 14.9. The van der Waals surface area contributed by atoms with Crippen molar-refractivity contribution in [3.05, 3.63) is 65.0 Å². The molecule has 1 atom stereocenters. The van der Waals surface area contributed by atoms with E-state index >= 15 is 0 Å². The molecule has 2 aromatic carbocycles. The van der Waals surface area contributed by atoms with Crippen LogP contribution in [0.1, 0.15) is 42.5 Å². The standard InChI is InChI=1S/C18H20FN/c1-2-18(16-8-3-4-9-17(16)19)20-15-11-10-13-6-5-7-14(13)12-15/h3-4,8-12,18,20H,2,5-7H2,1H3. The van der Waals surface area contributed by atoms with E-state index < -0.39 is 0 Å². The Morgan fingerprint density at radius 3 is 2.70 bits per heavy atom. The predicted molar refractivity (Wildman–Crippen MR) is 81.5 cm³/mol. The van der Waals surface area contributed by atoms with Gasteiger partial charge in [0.25, 0.3) is 0 Å². The first-order chi connectivity index (χ1) is 9.78. The molecule has 104 valence electrons. The number of rotatable bonds is 4. The molecule has 0 heterocycles. The second-order valence-corrected chi connectivity index (χ2v) is 5.46. The monoisotopic (exact) mass is 269 g/mol. The summed E-state index contributed by atoms with van der Waals surface area (Å²) in [5.74, 6) is -0.131. The SMILES string of the molecule is CCC(Nc1ccc2c(c1)CCC2)c1ccccc1F.